The van der Waals surface area contributed by atoms with Gasteiger partial charge in [0.15, 0.2) is 0 Å². The van der Waals surface area contributed by atoms with Crippen LogP contribution in [0.5, 0.6) is 0 Å². The SMILES string of the molecule is Cc1cc(C)c2c(c1)C1(CCN(C(=O)OC(C)(C)C)CC1)CN2. The number of fused-ring (bicyclic) bond motifs is 2. The predicted octanol–water partition coefficient (Wildman–Crippen LogP) is 4.00. The maximum absolute atomic E-state index is 12.3. The number of rotatable bonds is 0. The van der Waals surface area contributed by atoms with E-state index >= 15 is 0 Å². The molecule has 3 rings (SSSR count). The average Bonchev–Trinajstić information content (AvgIpc) is 2.77. The minimum Gasteiger partial charge on any atom is -0.444 e. The minimum atomic E-state index is -0.429. The molecule has 1 N–H and O–H groups in total. The van der Waals surface area contributed by atoms with E-state index in [2.05, 4.69) is 31.3 Å². The van der Waals surface area contributed by atoms with Gasteiger partial charge in [-0.3, -0.25) is 0 Å². The molecule has 0 aromatic heterocycles. The lowest BCUT2D eigenvalue weighted by atomic mass is 9.73. The molecule has 0 unspecified atom stereocenters. The molecule has 0 bridgehead atoms. The van der Waals surface area contributed by atoms with Crippen molar-refractivity contribution in [3.63, 3.8) is 0 Å². The summed E-state index contributed by atoms with van der Waals surface area (Å²) in [4.78, 5) is 14.1. The first kappa shape index (κ1) is 16.2. The maximum Gasteiger partial charge on any atom is 0.410 e. The van der Waals surface area contributed by atoms with Gasteiger partial charge in [0.05, 0.1) is 0 Å². The summed E-state index contributed by atoms with van der Waals surface area (Å²) in [5.74, 6) is 0. The topological polar surface area (TPSA) is 41.6 Å². The lowest BCUT2D eigenvalue weighted by Crippen LogP contribution is -2.47. The Morgan fingerprint density at radius 3 is 2.48 bits per heavy atom. The van der Waals surface area contributed by atoms with E-state index in [9.17, 15) is 4.79 Å². The second-order valence-electron chi connectivity index (χ2n) is 8.11. The molecule has 0 saturated carbocycles. The molecular weight excluding hydrogens is 288 g/mol. The summed E-state index contributed by atoms with van der Waals surface area (Å²) < 4.78 is 5.51. The van der Waals surface area contributed by atoms with Crippen LogP contribution >= 0.6 is 0 Å². The second-order valence-corrected chi connectivity index (χ2v) is 8.11. The maximum atomic E-state index is 12.3. The van der Waals surface area contributed by atoms with E-state index in [0.29, 0.717) is 0 Å². The fraction of sp³-hybridized carbons (Fsp3) is 0.632. The molecule has 23 heavy (non-hydrogen) atoms. The van der Waals surface area contributed by atoms with Crippen molar-refractivity contribution in [1.82, 2.24) is 4.90 Å². The minimum absolute atomic E-state index is 0.171. The summed E-state index contributed by atoms with van der Waals surface area (Å²) in [6, 6.07) is 4.56. The van der Waals surface area contributed by atoms with Gasteiger partial charge in [0.2, 0.25) is 0 Å². The van der Waals surface area contributed by atoms with Gasteiger partial charge in [0, 0.05) is 30.7 Å². The molecule has 4 heteroatoms. The number of hydrogen-bond acceptors (Lipinski definition) is 3. The van der Waals surface area contributed by atoms with Gasteiger partial charge >= 0.3 is 6.09 Å². The number of nitrogens with zero attached hydrogens (tertiary/aromatic N) is 1. The highest BCUT2D eigenvalue weighted by Gasteiger charge is 2.43. The van der Waals surface area contributed by atoms with Crippen LogP contribution in [0.15, 0.2) is 12.1 Å². The number of aryl methyl sites for hydroxylation is 2. The highest BCUT2D eigenvalue weighted by Crippen LogP contribution is 2.45. The smallest absolute Gasteiger partial charge is 0.410 e. The number of anilines is 1. The Morgan fingerprint density at radius 2 is 1.87 bits per heavy atom. The van der Waals surface area contributed by atoms with Gasteiger partial charge < -0.3 is 15.0 Å². The number of hydrogen-bond donors (Lipinski definition) is 1. The zero-order chi connectivity index (χ0) is 16.8. The van der Waals surface area contributed by atoms with Crippen molar-refractivity contribution < 1.29 is 9.53 Å². The van der Waals surface area contributed by atoms with Crippen molar-refractivity contribution in [2.75, 3.05) is 25.0 Å². The Labute approximate surface area is 139 Å². The summed E-state index contributed by atoms with van der Waals surface area (Å²) in [6.07, 6.45) is 1.81. The molecule has 1 spiro atoms. The number of amides is 1. The van der Waals surface area contributed by atoms with Crippen LogP contribution in [0.2, 0.25) is 0 Å². The number of likely N-dealkylation sites (tertiary alicyclic amines) is 1. The third-order valence-corrected chi connectivity index (χ3v) is 5.03. The first-order valence-electron chi connectivity index (χ1n) is 8.54. The number of carbonyl (C=O) groups excluding carboxylic acids is 1. The van der Waals surface area contributed by atoms with Crippen LogP contribution in [0, 0.1) is 13.8 Å². The van der Waals surface area contributed by atoms with Crippen LogP contribution in [-0.2, 0) is 10.2 Å². The van der Waals surface area contributed by atoms with Crippen LogP contribution in [0.3, 0.4) is 0 Å². The standard InChI is InChI=1S/C19H28N2O2/c1-13-10-14(2)16-15(11-13)19(12-20-16)6-8-21(9-7-19)17(22)23-18(3,4)5/h10-11,20H,6-9,12H2,1-5H3. The molecule has 2 heterocycles. The van der Waals surface area contributed by atoms with E-state index in [-0.39, 0.29) is 11.5 Å². The van der Waals surface area contributed by atoms with Crippen LogP contribution < -0.4 is 5.32 Å². The van der Waals surface area contributed by atoms with Crippen molar-refractivity contribution in [3.8, 4) is 0 Å². The second kappa shape index (κ2) is 5.43. The van der Waals surface area contributed by atoms with Crippen molar-refractivity contribution >= 4 is 11.8 Å². The van der Waals surface area contributed by atoms with Crippen LogP contribution in [0.4, 0.5) is 10.5 Å². The quantitative estimate of drug-likeness (QED) is 0.786. The molecule has 126 valence electrons. The normalized spacial score (nSPS) is 19.4. The fourth-order valence-electron chi connectivity index (χ4n) is 3.86. The first-order valence-corrected chi connectivity index (χ1v) is 8.54. The molecule has 4 nitrogen and oxygen atoms in total. The van der Waals surface area contributed by atoms with E-state index in [1.165, 1.54) is 22.4 Å². The van der Waals surface area contributed by atoms with E-state index in [0.717, 1.165) is 32.5 Å². The Balaban J connectivity index is 1.75. The summed E-state index contributed by atoms with van der Waals surface area (Å²) in [7, 11) is 0. The first-order chi connectivity index (χ1) is 10.7. The molecule has 1 aromatic carbocycles. The van der Waals surface area contributed by atoms with E-state index in [4.69, 9.17) is 4.74 Å². The molecule has 2 aliphatic heterocycles. The summed E-state index contributed by atoms with van der Waals surface area (Å²) in [5, 5.41) is 3.60. The van der Waals surface area contributed by atoms with Crippen molar-refractivity contribution in [2.45, 2.75) is 58.5 Å². The Hall–Kier alpha value is -1.71. The molecular formula is C19H28N2O2. The Bertz CT molecular complexity index is 623. The number of carbonyl (C=O) groups is 1. The zero-order valence-corrected chi connectivity index (χ0v) is 15.0. The number of nitrogens with one attached hydrogen (secondary N) is 1. The number of piperidine rings is 1. The monoisotopic (exact) mass is 316 g/mol. The molecule has 0 atom stereocenters. The average molecular weight is 316 g/mol. The van der Waals surface area contributed by atoms with Gasteiger partial charge in [-0.05, 0) is 58.6 Å². The number of benzene rings is 1. The lowest BCUT2D eigenvalue weighted by molar-refractivity contribution is 0.0172. The summed E-state index contributed by atoms with van der Waals surface area (Å²) >= 11 is 0. The van der Waals surface area contributed by atoms with Crippen molar-refractivity contribution in [3.05, 3.63) is 28.8 Å². The highest BCUT2D eigenvalue weighted by atomic mass is 16.6. The lowest BCUT2D eigenvalue weighted by Gasteiger charge is -2.39. The van der Waals surface area contributed by atoms with Gasteiger partial charge in [-0.1, -0.05) is 17.7 Å². The molecule has 1 fully saturated rings. The molecule has 2 aliphatic rings. The van der Waals surface area contributed by atoms with E-state index in [1.54, 1.807) is 0 Å². The van der Waals surface area contributed by atoms with Gasteiger partial charge in [0.25, 0.3) is 0 Å². The largest absolute Gasteiger partial charge is 0.444 e. The molecule has 1 amide bonds. The molecule has 1 aromatic rings. The molecule has 1 saturated heterocycles. The van der Waals surface area contributed by atoms with Gasteiger partial charge in [-0.25, -0.2) is 4.79 Å². The van der Waals surface area contributed by atoms with Crippen molar-refractivity contribution in [2.24, 2.45) is 0 Å². The Kier molecular flexibility index (Phi) is 3.81. The van der Waals surface area contributed by atoms with Crippen molar-refractivity contribution in [1.29, 1.82) is 0 Å². The predicted molar refractivity (Wildman–Crippen MR) is 93.1 cm³/mol. The third kappa shape index (κ3) is 3.04. The van der Waals surface area contributed by atoms with E-state index < -0.39 is 5.60 Å². The Morgan fingerprint density at radius 1 is 1.22 bits per heavy atom. The van der Waals surface area contributed by atoms with Gasteiger partial charge in [-0.2, -0.15) is 0 Å². The van der Waals surface area contributed by atoms with E-state index in [1.807, 2.05) is 25.7 Å². The third-order valence-electron chi connectivity index (χ3n) is 5.03. The van der Waals surface area contributed by atoms with Crippen LogP contribution in [-0.4, -0.2) is 36.2 Å². The van der Waals surface area contributed by atoms with Gasteiger partial charge in [-0.15, -0.1) is 0 Å². The zero-order valence-electron chi connectivity index (χ0n) is 15.0. The summed E-state index contributed by atoms with van der Waals surface area (Å²) in [6.45, 7) is 12.6. The summed E-state index contributed by atoms with van der Waals surface area (Å²) in [5.41, 5.74) is 5.14. The molecule has 0 radical (unpaired) electrons. The number of ether oxygens (including phenoxy) is 1. The molecule has 0 aliphatic carbocycles. The highest BCUT2D eigenvalue weighted by molar-refractivity contribution is 5.69. The fourth-order valence-corrected chi connectivity index (χ4v) is 3.86. The van der Waals surface area contributed by atoms with Gasteiger partial charge in [0.1, 0.15) is 5.60 Å². The van der Waals surface area contributed by atoms with Crippen LogP contribution in [0.1, 0.15) is 50.3 Å². The van der Waals surface area contributed by atoms with Crippen LogP contribution in [0.25, 0.3) is 0 Å².